The molecule has 0 saturated carbocycles. The van der Waals surface area contributed by atoms with Crippen LogP contribution in [0.15, 0.2) is 0 Å². The smallest absolute Gasteiger partial charge is 0.347 e. The topological polar surface area (TPSA) is 80.3 Å². The van der Waals surface area contributed by atoms with Crippen molar-refractivity contribution in [2.24, 2.45) is 5.92 Å². The Kier molecular flexibility index (Phi) is 9.68. The summed E-state index contributed by atoms with van der Waals surface area (Å²) in [4.78, 5) is 38.3. The minimum absolute atomic E-state index is 0.0122. The van der Waals surface area contributed by atoms with Crippen molar-refractivity contribution in [3.05, 3.63) is 0 Å². The predicted molar refractivity (Wildman–Crippen MR) is 52.7 cm³/mol. The van der Waals surface area contributed by atoms with Crippen LogP contribution in [0.3, 0.4) is 0 Å². The highest BCUT2D eigenvalue weighted by Crippen LogP contribution is 2.02. The van der Waals surface area contributed by atoms with Gasteiger partial charge in [0.05, 0.1) is 6.04 Å². The van der Waals surface area contributed by atoms with Gasteiger partial charge in [-0.15, -0.1) is 0 Å². The first kappa shape index (κ1) is 16.0. The second kappa shape index (κ2) is 9.09. The monoisotopic (exact) mass is 215 g/mol. The molecule has 0 saturated heterocycles. The van der Waals surface area contributed by atoms with Crippen molar-refractivity contribution in [1.82, 2.24) is 5.32 Å². The van der Waals surface area contributed by atoms with Gasteiger partial charge in [-0.05, 0) is 6.42 Å². The number of hydrogen-bond donors (Lipinski definition) is 1. The molecule has 1 amide bonds. The SMILES string of the molecule is CC[C@H](NC(C)=O)C(=O)C(C)C.O=C=O. The minimum Gasteiger partial charge on any atom is -0.347 e. The number of ketones is 1. The molecule has 1 N–H and O–H groups in total. The number of Topliss-reactive ketones (excluding diaryl/α,β-unsaturated/α-hetero) is 1. The molecule has 86 valence electrons. The maximum Gasteiger partial charge on any atom is 0.373 e. The molecule has 1 atom stereocenters. The Morgan fingerprint density at radius 1 is 1.27 bits per heavy atom. The van der Waals surface area contributed by atoms with Crippen molar-refractivity contribution in [1.29, 1.82) is 0 Å². The highest BCUT2D eigenvalue weighted by atomic mass is 16.2. The number of hydrogen-bond acceptors (Lipinski definition) is 4. The molecule has 0 aliphatic heterocycles. The van der Waals surface area contributed by atoms with Gasteiger partial charge in [-0.25, -0.2) is 0 Å². The van der Waals surface area contributed by atoms with Gasteiger partial charge >= 0.3 is 6.15 Å². The number of amides is 1. The Balaban J connectivity index is 0. The number of rotatable bonds is 4. The van der Waals surface area contributed by atoms with Gasteiger partial charge in [0.2, 0.25) is 5.91 Å². The van der Waals surface area contributed by atoms with E-state index in [2.05, 4.69) is 5.32 Å². The molecule has 0 fully saturated rings. The van der Waals surface area contributed by atoms with E-state index < -0.39 is 0 Å². The largest absolute Gasteiger partial charge is 0.373 e. The van der Waals surface area contributed by atoms with Crippen molar-refractivity contribution in [2.45, 2.75) is 40.2 Å². The summed E-state index contributed by atoms with van der Waals surface area (Å²) >= 11 is 0. The molecular formula is C10H17NO4. The molecule has 0 unspecified atom stereocenters. The standard InChI is InChI=1S/C9H17NO2.CO2/c1-5-8(10-7(4)11)9(12)6(2)3;2-1-3/h6,8H,5H2,1-4H3,(H,10,11);/t8-;/m0./s1. The Labute approximate surface area is 89.2 Å². The molecular weight excluding hydrogens is 198 g/mol. The van der Waals surface area contributed by atoms with E-state index in [9.17, 15) is 9.59 Å². The second-order valence-electron chi connectivity index (χ2n) is 3.30. The van der Waals surface area contributed by atoms with Crippen LogP contribution >= 0.6 is 0 Å². The summed E-state index contributed by atoms with van der Waals surface area (Å²) in [5.74, 6) is -0.0506. The van der Waals surface area contributed by atoms with Gasteiger partial charge in [-0.1, -0.05) is 20.8 Å². The van der Waals surface area contributed by atoms with E-state index in [-0.39, 0.29) is 29.8 Å². The Morgan fingerprint density at radius 3 is 1.87 bits per heavy atom. The first-order valence-corrected chi connectivity index (χ1v) is 4.70. The van der Waals surface area contributed by atoms with Crippen molar-refractivity contribution in [3.63, 3.8) is 0 Å². The van der Waals surface area contributed by atoms with Crippen LogP contribution in [0.5, 0.6) is 0 Å². The molecule has 0 aliphatic rings. The average Bonchev–Trinajstić information content (AvgIpc) is 2.13. The van der Waals surface area contributed by atoms with Crippen molar-refractivity contribution < 1.29 is 19.2 Å². The Morgan fingerprint density at radius 2 is 1.67 bits per heavy atom. The molecule has 5 heteroatoms. The van der Waals surface area contributed by atoms with E-state index in [1.807, 2.05) is 20.8 Å². The van der Waals surface area contributed by atoms with Crippen LogP contribution in [0.1, 0.15) is 34.1 Å². The molecule has 0 bridgehead atoms. The summed E-state index contributed by atoms with van der Waals surface area (Å²) in [6, 6.07) is -0.303. The lowest BCUT2D eigenvalue weighted by Gasteiger charge is -2.16. The quantitative estimate of drug-likeness (QED) is 0.742. The summed E-state index contributed by atoms with van der Waals surface area (Å²) in [5.41, 5.74) is 0. The molecule has 0 aliphatic carbocycles. The predicted octanol–water partition coefficient (Wildman–Crippen LogP) is 0.543. The van der Waals surface area contributed by atoms with Gasteiger partial charge in [0, 0.05) is 12.8 Å². The maximum absolute atomic E-state index is 11.4. The summed E-state index contributed by atoms with van der Waals surface area (Å²) < 4.78 is 0. The summed E-state index contributed by atoms with van der Waals surface area (Å²) in [6.07, 6.45) is 0.913. The van der Waals surface area contributed by atoms with Crippen LogP contribution in [0.2, 0.25) is 0 Å². The zero-order chi connectivity index (χ0) is 12.4. The third kappa shape index (κ3) is 8.84. The first-order valence-electron chi connectivity index (χ1n) is 4.70. The minimum atomic E-state index is -0.303. The molecule has 0 spiro atoms. The van der Waals surface area contributed by atoms with Gasteiger partial charge in [0.1, 0.15) is 0 Å². The summed E-state index contributed by atoms with van der Waals surface area (Å²) in [6.45, 7) is 7.00. The molecule has 0 aromatic carbocycles. The highest BCUT2D eigenvalue weighted by Gasteiger charge is 2.19. The zero-order valence-corrected chi connectivity index (χ0v) is 9.49. The fraction of sp³-hybridized carbons (Fsp3) is 0.700. The molecule has 0 rings (SSSR count). The summed E-state index contributed by atoms with van der Waals surface area (Å²) in [7, 11) is 0. The lowest BCUT2D eigenvalue weighted by Crippen LogP contribution is -2.41. The van der Waals surface area contributed by atoms with Crippen LogP contribution in [-0.2, 0) is 19.2 Å². The molecule has 0 aromatic heterocycles. The fourth-order valence-electron chi connectivity index (χ4n) is 1.02. The van der Waals surface area contributed by atoms with Gasteiger partial charge in [0.15, 0.2) is 5.78 Å². The fourth-order valence-corrected chi connectivity index (χ4v) is 1.02. The van der Waals surface area contributed by atoms with Crippen molar-refractivity contribution in [3.8, 4) is 0 Å². The molecule has 0 radical (unpaired) electrons. The second-order valence-corrected chi connectivity index (χ2v) is 3.30. The third-order valence-corrected chi connectivity index (χ3v) is 1.70. The van der Waals surface area contributed by atoms with Gasteiger partial charge in [-0.2, -0.15) is 9.59 Å². The maximum atomic E-state index is 11.4. The van der Waals surface area contributed by atoms with E-state index >= 15 is 0 Å². The van der Waals surface area contributed by atoms with Crippen LogP contribution in [0.25, 0.3) is 0 Å². The molecule has 15 heavy (non-hydrogen) atoms. The van der Waals surface area contributed by atoms with Crippen LogP contribution in [0.4, 0.5) is 0 Å². The van der Waals surface area contributed by atoms with Crippen molar-refractivity contribution >= 4 is 17.8 Å². The number of carbonyl (C=O) groups is 2. The lowest BCUT2D eigenvalue weighted by molar-refractivity contribution is -0.191. The van der Waals surface area contributed by atoms with Gasteiger partial charge in [0.25, 0.3) is 0 Å². The van der Waals surface area contributed by atoms with Crippen LogP contribution in [-0.4, -0.2) is 23.9 Å². The molecule has 5 nitrogen and oxygen atoms in total. The zero-order valence-electron chi connectivity index (χ0n) is 9.49. The van der Waals surface area contributed by atoms with E-state index in [0.717, 1.165) is 0 Å². The van der Waals surface area contributed by atoms with E-state index in [0.29, 0.717) is 6.42 Å². The molecule has 0 aromatic rings. The van der Waals surface area contributed by atoms with Crippen molar-refractivity contribution in [2.75, 3.05) is 0 Å². The highest BCUT2D eigenvalue weighted by molar-refractivity contribution is 5.89. The Bertz CT molecular complexity index is 242. The summed E-state index contributed by atoms with van der Waals surface area (Å²) in [5, 5.41) is 2.62. The normalized spacial score (nSPS) is 10.7. The number of carbonyl (C=O) groups excluding carboxylic acids is 4. The Hall–Kier alpha value is -1.48. The van der Waals surface area contributed by atoms with Gasteiger partial charge < -0.3 is 5.32 Å². The van der Waals surface area contributed by atoms with E-state index in [1.165, 1.54) is 6.92 Å². The van der Waals surface area contributed by atoms with E-state index in [4.69, 9.17) is 9.59 Å². The lowest BCUT2D eigenvalue weighted by atomic mass is 10.00. The van der Waals surface area contributed by atoms with Gasteiger partial charge in [-0.3, -0.25) is 9.59 Å². The van der Waals surface area contributed by atoms with Crippen LogP contribution < -0.4 is 5.32 Å². The average molecular weight is 215 g/mol. The van der Waals surface area contributed by atoms with E-state index in [1.54, 1.807) is 0 Å². The third-order valence-electron chi connectivity index (χ3n) is 1.70. The van der Waals surface area contributed by atoms with Crippen LogP contribution in [0, 0.1) is 5.92 Å². The first-order chi connectivity index (χ1) is 6.90. The number of nitrogens with one attached hydrogen (secondary N) is 1. The molecule has 0 heterocycles.